The number of pyridine rings is 2. The van der Waals surface area contributed by atoms with Crippen LogP contribution >= 0.6 is 0 Å². The smallest absolute Gasteiger partial charge is 0.456 e. The van der Waals surface area contributed by atoms with Crippen molar-refractivity contribution in [3.05, 3.63) is 60.4 Å². The van der Waals surface area contributed by atoms with E-state index >= 15 is 0 Å². The average molecular weight is 580 g/mol. The Bertz CT molecular complexity index is 1450. The summed E-state index contributed by atoms with van der Waals surface area (Å²) in [6, 6.07) is 9.07. The van der Waals surface area contributed by atoms with Crippen LogP contribution in [0.1, 0.15) is 25.3 Å². The van der Waals surface area contributed by atoms with Gasteiger partial charge in [-0.2, -0.15) is 35.1 Å². The van der Waals surface area contributed by atoms with Crippen molar-refractivity contribution in [3.63, 3.8) is 0 Å². The molecule has 3 aromatic rings. The second-order valence-electron chi connectivity index (χ2n) is 9.00. The first kappa shape index (κ1) is 28.7. The molecule has 0 bridgehead atoms. The Hall–Kier alpha value is -3.29. The van der Waals surface area contributed by atoms with Crippen molar-refractivity contribution in [2.75, 3.05) is 12.4 Å². The molecule has 1 aromatic carbocycles. The molecule has 0 aliphatic heterocycles. The maximum Gasteiger partial charge on any atom is 0.456 e. The Balaban J connectivity index is 1.63. The van der Waals surface area contributed by atoms with Gasteiger partial charge in [0, 0.05) is 11.8 Å². The number of hydrogen-bond donors (Lipinski definition) is 0. The first-order valence-electron chi connectivity index (χ1n) is 11.4. The Morgan fingerprint density at radius 1 is 0.872 bits per heavy atom. The van der Waals surface area contributed by atoms with Gasteiger partial charge in [-0.15, -0.1) is 0 Å². The van der Waals surface area contributed by atoms with Gasteiger partial charge in [-0.3, -0.25) is 9.97 Å². The summed E-state index contributed by atoms with van der Waals surface area (Å²) in [7, 11) is -3.91. The molecule has 0 atom stereocenters. The van der Waals surface area contributed by atoms with E-state index in [2.05, 4.69) is 14.7 Å². The van der Waals surface area contributed by atoms with E-state index in [0.717, 1.165) is 18.3 Å². The van der Waals surface area contributed by atoms with Crippen molar-refractivity contribution in [1.82, 2.24) is 9.97 Å². The van der Waals surface area contributed by atoms with Crippen LogP contribution in [0.2, 0.25) is 0 Å². The Morgan fingerprint density at radius 3 is 2.00 bits per heavy atom. The second kappa shape index (κ2) is 9.72. The van der Waals surface area contributed by atoms with Gasteiger partial charge >= 0.3 is 18.3 Å². The lowest BCUT2D eigenvalue weighted by atomic mass is 9.93. The largest absolute Gasteiger partial charge is 0.485 e. The fourth-order valence-corrected chi connectivity index (χ4v) is 4.96. The molecule has 1 aliphatic rings. The third kappa shape index (κ3) is 5.56. The molecule has 1 aliphatic carbocycles. The highest BCUT2D eigenvalue weighted by Gasteiger charge is 2.64. The quantitative estimate of drug-likeness (QED) is 0.275. The number of hydrogen-bond acceptors (Lipinski definition) is 5. The first-order chi connectivity index (χ1) is 18.0. The van der Waals surface area contributed by atoms with Crippen molar-refractivity contribution in [2.24, 2.45) is 0 Å². The molecule has 0 unspecified atom stereocenters. The third-order valence-electron chi connectivity index (χ3n) is 6.45. The summed E-state index contributed by atoms with van der Waals surface area (Å²) in [5, 5.41) is 0. The van der Waals surface area contributed by atoms with E-state index in [1.54, 1.807) is 0 Å². The topological polar surface area (TPSA) is 69.2 Å². The van der Waals surface area contributed by atoms with E-state index in [9.17, 15) is 43.5 Å². The summed E-state index contributed by atoms with van der Waals surface area (Å²) < 4.78 is 134. The van der Waals surface area contributed by atoms with Gasteiger partial charge in [0.05, 0.1) is 28.0 Å². The number of ether oxygens (including phenoxy) is 1. The van der Waals surface area contributed by atoms with Gasteiger partial charge < -0.3 is 4.74 Å². The molecule has 0 amide bonds. The highest BCUT2D eigenvalue weighted by atomic mass is 32.2. The van der Waals surface area contributed by atoms with Gasteiger partial charge in [0.1, 0.15) is 11.4 Å². The predicted octanol–water partition coefficient (Wildman–Crippen LogP) is 6.77. The molecule has 4 rings (SSSR count). The van der Waals surface area contributed by atoms with Crippen LogP contribution < -0.4 is 4.74 Å². The van der Waals surface area contributed by atoms with E-state index in [0.29, 0.717) is 11.1 Å². The normalized spacial score (nSPS) is 15.7. The van der Waals surface area contributed by atoms with Crippen LogP contribution in [0.4, 0.5) is 35.1 Å². The zero-order valence-electron chi connectivity index (χ0n) is 20.1. The van der Waals surface area contributed by atoms with Gasteiger partial charge in [-0.1, -0.05) is 31.2 Å². The number of aromatic nitrogens is 2. The summed E-state index contributed by atoms with van der Waals surface area (Å²) in [4.78, 5) is 7.84. The molecule has 1 saturated carbocycles. The van der Waals surface area contributed by atoms with Crippen molar-refractivity contribution in [2.45, 2.75) is 48.4 Å². The molecule has 2 aromatic heterocycles. The Kier molecular flexibility index (Phi) is 7.15. The lowest BCUT2D eigenvalue weighted by Gasteiger charge is -2.20. The molecule has 0 saturated heterocycles. The molecule has 39 heavy (non-hydrogen) atoms. The lowest BCUT2D eigenvalue weighted by molar-refractivity contribution is -0.290. The monoisotopic (exact) mass is 580 g/mol. The van der Waals surface area contributed by atoms with Crippen LogP contribution in [0.25, 0.3) is 22.5 Å². The van der Waals surface area contributed by atoms with Gasteiger partial charge in [-0.25, -0.2) is 8.42 Å². The first-order valence-corrected chi connectivity index (χ1v) is 13.1. The van der Waals surface area contributed by atoms with Crippen LogP contribution in [-0.4, -0.2) is 49.0 Å². The van der Waals surface area contributed by atoms with Gasteiger partial charge in [-0.05, 0) is 42.2 Å². The van der Waals surface area contributed by atoms with Crippen LogP contribution in [0.3, 0.4) is 0 Å². The summed E-state index contributed by atoms with van der Waals surface area (Å²) in [5.74, 6) is -5.83. The molecule has 210 valence electrons. The third-order valence-corrected chi connectivity index (χ3v) is 8.19. The number of benzene rings is 1. The fraction of sp³-hybridized carbons (Fsp3) is 0.360. The molecule has 0 radical (unpaired) electrons. The maximum absolute atomic E-state index is 13.4. The van der Waals surface area contributed by atoms with Crippen LogP contribution in [-0.2, 0) is 15.3 Å². The Morgan fingerprint density at radius 2 is 1.51 bits per heavy atom. The van der Waals surface area contributed by atoms with Crippen molar-refractivity contribution in [1.29, 1.82) is 0 Å². The van der Waals surface area contributed by atoms with Crippen LogP contribution in [0, 0.1) is 0 Å². The number of alkyl halides is 8. The SMILES string of the molecule is CCS(=O)(=O)c1cc(-c2ccc(C3(C(F)(F)F)CC3)cc2)cnc1-c1ccc(OCC(F)(F)C(F)(F)F)cn1. The predicted molar refractivity (Wildman–Crippen MR) is 124 cm³/mol. The highest BCUT2D eigenvalue weighted by molar-refractivity contribution is 7.91. The molecule has 0 spiro atoms. The summed E-state index contributed by atoms with van der Waals surface area (Å²) in [5.41, 5.74) is -1.16. The van der Waals surface area contributed by atoms with Crippen molar-refractivity contribution >= 4 is 9.84 Å². The summed E-state index contributed by atoms with van der Waals surface area (Å²) in [6.07, 6.45) is -8.04. The average Bonchev–Trinajstić information content (AvgIpc) is 3.70. The number of rotatable bonds is 8. The summed E-state index contributed by atoms with van der Waals surface area (Å²) >= 11 is 0. The summed E-state index contributed by atoms with van der Waals surface area (Å²) in [6.45, 7) is -0.583. The van der Waals surface area contributed by atoms with E-state index < -0.39 is 45.9 Å². The molecule has 1 fully saturated rings. The highest BCUT2D eigenvalue weighted by Crippen LogP contribution is 2.59. The number of nitrogens with zero attached hydrogens (tertiary/aromatic N) is 2. The molecule has 5 nitrogen and oxygen atoms in total. The van der Waals surface area contributed by atoms with Gasteiger partial charge in [0.2, 0.25) is 0 Å². The minimum atomic E-state index is -5.80. The minimum absolute atomic E-state index is 0.00736. The molecular weight excluding hydrogens is 560 g/mol. The zero-order valence-corrected chi connectivity index (χ0v) is 20.9. The minimum Gasteiger partial charge on any atom is -0.485 e. The maximum atomic E-state index is 13.4. The van der Waals surface area contributed by atoms with Crippen molar-refractivity contribution < 1.29 is 48.3 Å². The van der Waals surface area contributed by atoms with Gasteiger partial charge in [0.15, 0.2) is 16.4 Å². The second-order valence-corrected chi connectivity index (χ2v) is 11.2. The van der Waals surface area contributed by atoms with Gasteiger partial charge in [0.25, 0.3) is 0 Å². The van der Waals surface area contributed by atoms with Crippen LogP contribution in [0.5, 0.6) is 5.75 Å². The van der Waals surface area contributed by atoms with E-state index in [1.807, 2.05) is 0 Å². The zero-order chi connectivity index (χ0) is 28.9. The van der Waals surface area contributed by atoms with E-state index in [1.165, 1.54) is 43.5 Å². The lowest BCUT2D eigenvalue weighted by Crippen LogP contribution is -2.41. The Labute approximate surface area is 217 Å². The number of halogens is 8. The molecular formula is C25H20F8N2O3S. The van der Waals surface area contributed by atoms with Crippen LogP contribution in [0.15, 0.2) is 59.8 Å². The molecule has 14 heteroatoms. The standard InChI is InChI=1S/C25H20F8N2O3S/c1-2-39(36,37)20-11-16(15-3-5-17(6-4-15)22(9-10-22)24(28,29)30)12-35-21(20)19-8-7-18(13-34-19)38-14-23(26,27)25(31,32)33/h3-8,11-13H,2,9-10,14H2,1H3. The van der Waals surface area contributed by atoms with Crippen molar-refractivity contribution in [3.8, 4) is 28.3 Å². The fourth-order valence-electron chi connectivity index (χ4n) is 3.89. The number of sulfone groups is 1. The molecule has 2 heterocycles. The molecule has 0 N–H and O–H groups in total. The van der Waals surface area contributed by atoms with E-state index in [4.69, 9.17) is 0 Å². The van der Waals surface area contributed by atoms with E-state index in [-0.39, 0.29) is 40.4 Å².